The summed E-state index contributed by atoms with van der Waals surface area (Å²) in [5, 5.41) is 4.77. The van der Waals surface area contributed by atoms with E-state index in [4.69, 9.17) is 9.08 Å². The van der Waals surface area contributed by atoms with Crippen molar-refractivity contribution in [3.8, 4) is 11.1 Å². The number of pyridine rings is 1. The van der Waals surface area contributed by atoms with Crippen molar-refractivity contribution in [2.75, 3.05) is 18.8 Å². The Labute approximate surface area is 268 Å². The largest absolute Gasteiger partial charge is 0.334 e. The van der Waals surface area contributed by atoms with Gasteiger partial charge in [-0.15, -0.1) is 0 Å². The number of hydrogen-bond donors (Lipinski definition) is 1. The monoisotopic (exact) mass is 683 g/mol. The maximum absolute atomic E-state index is 12.7. The molecule has 0 radical (unpaired) electrons. The van der Waals surface area contributed by atoms with Crippen molar-refractivity contribution in [2.24, 2.45) is 0 Å². The lowest BCUT2D eigenvalue weighted by molar-refractivity contribution is 0.403. The Kier molecular flexibility index (Phi) is 9.69. The molecule has 0 aliphatic carbocycles. The highest BCUT2D eigenvalue weighted by molar-refractivity contribution is 7.91. The van der Waals surface area contributed by atoms with Gasteiger partial charge in [0.1, 0.15) is 0 Å². The van der Waals surface area contributed by atoms with Crippen molar-refractivity contribution in [3.63, 3.8) is 0 Å². The lowest BCUT2D eigenvalue weighted by Gasteiger charge is -2.24. The Balaban J connectivity index is 0.000000892. The van der Waals surface area contributed by atoms with E-state index in [1.807, 2.05) is 54.6 Å². The molecule has 0 aliphatic rings. The summed E-state index contributed by atoms with van der Waals surface area (Å²) in [7, 11) is -10.4. The van der Waals surface area contributed by atoms with Crippen LogP contribution in [0.15, 0.2) is 88.4 Å². The van der Waals surface area contributed by atoms with E-state index < -0.39 is 34.5 Å². The van der Waals surface area contributed by atoms with Crippen LogP contribution in [0.3, 0.4) is 0 Å². The number of hydrogen-bond acceptors (Lipinski definition) is 10. The highest BCUT2D eigenvalue weighted by Gasteiger charge is 2.33. The summed E-state index contributed by atoms with van der Waals surface area (Å²) in [6.07, 6.45) is 6.73. The quantitative estimate of drug-likeness (QED) is 0.173. The van der Waals surface area contributed by atoms with Gasteiger partial charge in [0.05, 0.1) is 21.4 Å². The van der Waals surface area contributed by atoms with Gasteiger partial charge >= 0.3 is 0 Å². The average molecular weight is 684 g/mol. The summed E-state index contributed by atoms with van der Waals surface area (Å²) in [5.74, 6) is 0.763. The van der Waals surface area contributed by atoms with Gasteiger partial charge in [0.15, 0.2) is 25.5 Å². The second kappa shape index (κ2) is 12.9. The summed E-state index contributed by atoms with van der Waals surface area (Å²) in [6, 6.07) is 21.8. The average Bonchev–Trinajstić information content (AvgIpc) is 3.39. The van der Waals surface area contributed by atoms with Crippen molar-refractivity contribution in [3.05, 3.63) is 107 Å². The summed E-state index contributed by atoms with van der Waals surface area (Å²) in [6.45, 7) is 5.13. The van der Waals surface area contributed by atoms with E-state index in [-0.39, 0.29) is 4.90 Å². The van der Waals surface area contributed by atoms with Crippen molar-refractivity contribution < 1.29 is 34.3 Å². The fourth-order valence-corrected chi connectivity index (χ4v) is 5.67. The fourth-order valence-electron chi connectivity index (χ4n) is 4.49. The SMILES string of the molecule is CS(=O)(=O)O.Cc1noc(/C(=C/c2cccc(-c3cc(C(C)(C)S(C)(=O)=O)cc4cccnc34)c2)c2ccc(S(C)(=O)=O)cc2)n1. The molecule has 11 nitrogen and oxygen atoms in total. The van der Waals surface area contributed by atoms with E-state index in [2.05, 4.69) is 15.1 Å². The Morgan fingerprint density at radius 3 is 2.09 bits per heavy atom. The van der Waals surface area contributed by atoms with Crippen LogP contribution in [0.1, 0.15) is 42.3 Å². The molecule has 14 heteroatoms. The highest BCUT2D eigenvalue weighted by Crippen LogP contribution is 2.37. The van der Waals surface area contributed by atoms with Gasteiger partial charge in [-0.05, 0) is 85.5 Å². The van der Waals surface area contributed by atoms with Gasteiger partial charge < -0.3 is 4.52 Å². The standard InChI is InChI=1S/C31H29N3O5S2.CH4O3S/c1-20-33-30(39-34-20)28(22-11-13-26(14-12-22)40(4,35)36)17-21-8-6-9-23(16-21)27-19-25(31(2,3)41(5,37)38)18-24-10-7-15-32-29(24)27;1-5(2,3)4/h6-19H,1-5H3;1H3,(H,2,3,4)/b28-17+;. The van der Waals surface area contributed by atoms with E-state index in [9.17, 15) is 25.3 Å². The zero-order valence-electron chi connectivity index (χ0n) is 26.0. The zero-order valence-corrected chi connectivity index (χ0v) is 28.4. The number of nitrogens with zero attached hydrogens (tertiary/aromatic N) is 3. The van der Waals surface area contributed by atoms with Gasteiger partial charge in [0.25, 0.3) is 16.0 Å². The molecule has 2 heterocycles. The molecular weight excluding hydrogens is 651 g/mol. The van der Waals surface area contributed by atoms with Crippen LogP contribution in [0.2, 0.25) is 0 Å². The molecule has 3 aromatic carbocycles. The first kappa shape index (κ1) is 34.6. The first-order chi connectivity index (χ1) is 21.2. The molecule has 2 aromatic heterocycles. The van der Waals surface area contributed by atoms with E-state index in [1.165, 1.54) is 6.26 Å². The summed E-state index contributed by atoms with van der Waals surface area (Å²) >= 11 is 0. The maximum Gasteiger partial charge on any atom is 0.261 e. The van der Waals surface area contributed by atoms with Gasteiger partial charge in [0.2, 0.25) is 0 Å². The Hall–Kier alpha value is -4.24. The predicted octanol–water partition coefficient (Wildman–Crippen LogP) is 5.37. The fraction of sp³-hybridized carbons (Fsp3) is 0.219. The van der Waals surface area contributed by atoms with Crippen molar-refractivity contribution >= 4 is 52.3 Å². The van der Waals surface area contributed by atoms with E-state index >= 15 is 0 Å². The van der Waals surface area contributed by atoms with Gasteiger partial charge in [-0.1, -0.05) is 41.6 Å². The molecule has 0 atom stereocenters. The Morgan fingerprint density at radius 1 is 0.870 bits per heavy atom. The molecular formula is C32H33N3O8S3. The molecule has 5 rings (SSSR count). The third kappa shape index (κ3) is 8.31. The minimum Gasteiger partial charge on any atom is -0.334 e. The number of aromatic nitrogens is 3. The molecule has 0 spiro atoms. The molecule has 0 unspecified atom stereocenters. The topological polar surface area (TPSA) is 174 Å². The zero-order chi connectivity index (χ0) is 34.1. The van der Waals surface area contributed by atoms with Crippen molar-refractivity contribution in [2.45, 2.75) is 30.4 Å². The molecule has 0 amide bonds. The molecule has 0 bridgehead atoms. The molecule has 0 aliphatic heterocycles. The lowest BCUT2D eigenvalue weighted by atomic mass is 9.92. The van der Waals surface area contributed by atoms with Crippen molar-refractivity contribution in [1.82, 2.24) is 15.1 Å². The number of sulfone groups is 2. The van der Waals surface area contributed by atoms with Crippen LogP contribution in [0.25, 0.3) is 33.7 Å². The third-order valence-electron chi connectivity index (χ3n) is 7.19. The molecule has 0 saturated carbocycles. The minimum absolute atomic E-state index is 0.209. The summed E-state index contributed by atoms with van der Waals surface area (Å²) in [4.78, 5) is 9.23. The van der Waals surface area contributed by atoms with Crippen molar-refractivity contribution in [1.29, 1.82) is 0 Å². The van der Waals surface area contributed by atoms with Crippen LogP contribution in [0.4, 0.5) is 0 Å². The second-order valence-corrected chi connectivity index (χ2v) is 17.3. The van der Waals surface area contributed by atoms with Crippen LogP contribution in [-0.2, 0) is 34.5 Å². The van der Waals surface area contributed by atoms with E-state index in [0.29, 0.717) is 34.7 Å². The normalized spacial score (nSPS) is 12.9. The first-order valence-electron chi connectivity index (χ1n) is 13.7. The molecule has 46 heavy (non-hydrogen) atoms. The molecule has 0 saturated heterocycles. The third-order valence-corrected chi connectivity index (χ3v) is 10.4. The maximum atomic E-state index is 12.7. The first-order valence-corrected chi connectivity index (χ1v) is 19.3. The number of rotatable bonds is 7. The molecule has 0 fully saturated rings. The molecule has 5 aromatic rings. The van der Waals surface area contributed by atoms with Gasteiger partial charge in [-0.3, -0.25) is 9.54 Å². The Bertz CT molecular complexity index is 2270. The van der Waals surface area contributed by atoms with E-state index in [0.717, 1.165) is 33.8 Å². The van der Waals surface area contributed by atoms with Gasteiger partial charge in [0, 0.05) is 35.2 Å². The predicted molar refractivity (Wildman–Crippen MR) is 178 cm³/mol. The summed E-state index contributed by atoms with van der Waals surface area (Å²) < 4.78 is 79.6. The smallest absolute Gasteiger partial charge is 0.261 e. The lowest BCUT2D eigenvalue weighted by Crippen LogP contribution is -2.28. The van der Waals surface area contributed by atoms with Crippen LogP contribution < -0.4 is 0 Å². The van der Waals surface area contributed by atoms with Gasteiger partial charge in [-0.25, -0.2) is 16.8 Å². The second-order valence-electron chi connectivity index (χ2n) is 11.2. The van der Waals surface area contributed by atoms with Crippen LogP contribution >= 0.6 is 0 Å². The van der Waals surface area contributed by atoms with Gasteiger partial charge in [-0.2, -0.15) is 13.4 Å². The van der Waals surface area contributed by atoms with E-state index in [1.54, 1.807) is 51.2 Å². The molecule has 242 valence electrons. The minimum atomic E-state index is -3.67. The van der Waals surface area contributed by atoms with Crippen LogP contribution in [0, 0.1) is 6.92 Å². The van der Waals surface area contributed by atoms with Crippen LogP contribution in [0.5, 0.6) is 0 Å². The number of fused-ring (bicyclic) bond motifs is 1. The number of aryl methyl sites for hydroxylation is 1. The highest BCUT2D eigenvalue weighted by atomic mass is 32.2. The molecule has 1 N–H and O–H groups in total. The summed E-state index contributed by atoms with van der Waals surface area (Å²) in [5.41, 5.74) is 5.22. The van der Waals surface area contributed by atoms with Crippen LogP contribution in [-0.4, -0.2) is 63.7 Å². The Morgan fingerprint density at radius 2 is 1.52 bits per heavy atom. The number of benzene rings is 3.